The molecule has 4 nitrogen and oxygen atoms in total. The van der Waals surface area contributed by atoms with Crippen LogP contribution >= 0.6 is 0 Å². The summed E-state index contributed by atoms with van der Waals surface area (Å²) in [6, 6.07) is 4.19. The van der Waals surface area contributed by atoms with Gasteiger partial charge in [0.05, 0.1) is 0 Å². The van der Waals surface area contributed by atoms with Gasteiger partial charge in [-0.2, -0.15) is 0 Å². The minimum atomic E-state index is 0.396. The number of rotatable bonds is 6. The Labute approximate surface area is 116 Å². The molecule has 0 radical (unpaired) electrons. The van der Waals surface area contributed by atoms with Crippen LogP contribution in [0, 0.1) is 0 Å². The molecular formula is C15H26N4. The van der Waals surface area contributed by atoms with E-state index in [9.17, 15) is 0 Å². The average Bonchev–Trinajstić information content (AvgIpc) is 2.34. The van der Waals surface area contributed by atoms with Crippen LogP contribution in [0.5, 0.6) is 0 Å². The van der Waals surface area contributed by atoms with E-state index in [0.29, 0.717) is 5.54 Å². The summed E-state index contributed by atoms with van der Waals surface area (Å²) in [7, 11) is 8.51. The number of likely N-dealkylation sites (N-methyl/N-ethyl adjacent to an activating group) is 2. The number of hydrogen-bond donors (Lipinski definition) is 1. The highest BCUT2D eigenvalue weighted by molar-refractivity contribution is 5.34. The first-order valence-corrected chi connectivity index (χ1v) is 7.04. The van der Waals surface area contributed by atoms with Crippen molar-refractivity contribution >= 4 is 5.82 Å². The van der Waals surface area contributed by atoms with Crippen LogP contribution in [0.4, 0.5) is 5.82 Å². The predicted molar refractivity (Wildman–Crippen MR) is 80.4 cm³/mol. The van der Waals surface area contributed by atoms with Gasteiger partial charge >= 0.3 is 0 Å². The Hall–Kier alpha value is -1.13. The number of aromatic nitrogens is 1. The molecule has 0 bridgehead atoms. The third-order valence-corrected chi connectivity index (χ3v) is 4.33. The third kappa shape index (κ3) is 3.25. The predicted octanol–water partition coefficient (Wildman–Crippen LogP) is 2.04. The summed E-state index contributed by atoms with van der Waals surface area (Å²) < 4.78 is 0. The normalized spacial score (nSPS) is 17.6. The molecule has 4 heteroatoms. The van der Waals surface area contributed by atoms with Gasteiger partial charge in [-0.25, -0.2) is 4.98 Å². The molecule has 0 aliphatic heterocycles. The van der Waals surface area contributed by atoms with E-state index >= 15 is 0 Å². The lowest BCUT2D eigenvalue weighted by molar-refractivity contribution is 0.0259. The van der Waals surface area contributed by atoms with E-state index < -0.39 is 0 Å². The molecule has 0 amide bonds. The van der Waals surface area contributed by atoms with Gasteiger partial charge in [-0.05, 0) is 52.0 Å². The molecule has 1 heterocycles. The fraction of sp³-hybridized carbons (Fsp3) is 0.667. The van der Waals surface area contributed by atoms with Crippen molar-refractivity contribution in [2.24, 2.45) is 0 Å². The minimum absolute atomic E-state index is 0.396. The van der Waals surface area contributed by atoms with Gasteiger partial charge in [0.2, 0.25) is 0 Å². The second kappa shape index (κ2) is 5.88. The Morgan fingerprint density at radius 3 is 2.42 bits per heavy atom. The van der Waals surface area contributed by atoms with Crippen molar-refractivity contribution in [2.75, 3.05) is 40.1 Å². The molecule has 0 saturated heterocycles. The van der Waals surface area contributed by atoms with Crippen LogP contribution in [0.25, 0.3) is 0 Å². The lowest BCUT2D eigenvalue weighted by Gasteiger charge is -2.49. The molecule has 19 heavy (non-hydrogen) atoms. The van der Waals surface area contributed by atoms with E-state index in [1.807, 2.05) is 19.3 Å². The average molecular weight is 262 g/mol. The fourth-order valence-electron chi connectivity index (χ4n) is 2.87. The highest BCUT2D eigenvalue weighted by Gasteiger charge is 2.39. The summed E-state index contributed by atoms with van der Waals surface area (Å²) in [6.45, 7) is 2.10. The zero-order valence-corrected chi connectivity index (χ0v) is 12.6. The quantitative estimate of drug-likeness (QED) is 0.850. The molecule has 0 spiro atoms. The molecule has 1 N–H and O–H groups in total. The molecule has 1 aliphatic rings. The number of nitrogens with one attached hydrogen (secondary N) is 1. The van der Waals surface area contributed by atoms with Gasteiger partial charge < -0.3 is 15.1 Å². The molecule has 2 rings (SSSR count). The van der Waals surface area contributed by atoms with Crippen molar-refractivity contribution in [1.82, 2.24) is 14.8 Å². The van der Waals surface area contributed by atoms with Crippen molar-refractivity contribution in [3.8, 4) is 0 Å². The van der Waals surface area contributed by atoms with Crippen LogP contribution in [0.15, 0.2) is 18.3 Å². The zero-order chi connectivity index (χ0) is 13.9. The maximum Gasteiger partial charge on any atom is 0.125 e. The molecule has 1 saturated carbocycles. The molecule has 0 aromatic carbocycles. The topological polar surface area (TPSA) is 31.4 Å². The van der Waals surface area contributed by atoms with Gasteiger partial charge in [0.25, 0.3) is 0 Å². The maximum absolute atomic E-state index is 4.37. The first kappa shape index (κ1) is 14.3. The Balaban J connectivity index is 1.91. The van der Waals surface area contributed by atoms with Gasteiger partial charge in [0.15, 0.2) is 0 Å². The van der Waals surface area contributed by atoms with E-state index in [1.165, 1.54) is 24.8 Å². The lowest BCUT2D eigenvalue weighted by atomic mass is 9.75. The van der Waals surface area contributed by atoms with Crippen molar-refractivity contribution in [3.05, 3.63) is 23.9 Å². The van der Waals surface area contributed by atoms with Gasteiger partial charge in [0, 0.05) is 31.9 Å². The lowest BCUT2D eigenvalue weighted by Crippen LogP contribution is -2.56. The SMILES string of the molecule is CNc1ccc(CN(C)CC2(N(C)C)CCC2)cn1. The second-order valence-corrected chi connectivity index (χ2v) is 5.95. The molecule has 1 aromatic heterocycles. The van der Waals surface area contributed by atoms with Crippen LogP contribution < -0.4 is 5.32 Å². The van der Waals surface area contributed by atoms with E-state index in [2.05, 4.69) is 47.3 Å². The third-order valence-electron chi connectivity index (χ3n) is 4.33. The largest absolute Gasteiger partial charge is 0.373 e. The number of anilines is 1. The summed E-state index contributed by atoms with van der Waals surface area (Å²) in [5.74, 6) is 0.926. The minimum Gasteiger partial charge on any atom is -0.373 e. The highest BCUT2D eigenvalue weighted by Crippen LogP contribution is 2.36. The van der Waals surface area contributed by atoms with Gasteiger partial charge in [0.1, 0.15) is 5.82 Å². The van der Waals surface area contributed by atoms with Gasteiger partial charge in [-0.1, -0.05) is 6.07 Å². The van der Waals surface area contributed by atoms with E-state index in [1.54, 1.807) is 0 Å². The molecule has 0 unspecified atom stereocenters. The monoisotopic (exact) mass is 262 g/mol. The van der Waals surface area contributed by atoms with Crippen molar-refractivity contribution in [3.63, 3.8) is 0 Å². The molecule has 106 valence electrons. The molecule has 1 fully saturated rings. The van der Waals surface area contributed by atoms with E-state index in [0.717, 1.165) is 18.9 Å². The van der Waals surface area contributed by atoms with Gasteiger partial charge in [-0.15, -0.1) is 0 Å². The Morgan fingerprint density at radius 1 is 1.26 bits per heavy atom. The molecular weight excluding hydrogens is 236 g/mol. The first-order chi connectivity index (χ1) is 9.05. The van der Waals surface area contributed by atoms with Crippen molar-refractivity contribution < 1.29 is 0 Å². The summed E-state index contributed by atoms with van der Waals surface area (Å²) in [5, 5.41) is 3.05. The molecule has 1 aliphatic carbocycles. The Morgan fingerprint density at radius 2 is 2.00 bits per heavy atom. The maximum atomic E-state index is 4.37. The van der Waals surface area contributed by atoms with Gasteiger partial charge in [-0.3, -0.25) is 0 Å². The fourth-order valence-corrected chi connectivity index (χ4v) is 2.87. The van der Waals surface area contributed by atoms with Crippen LogP contribution in [0.1, 0.15) is 24.8 Å². The smallest absolute Gasteiger partial charge is 0.125 e. The van der Waals surface area contributed by atoms with Crippen LogP contribution in [-0.2, 0) is 6.54 Å². The van der Waals surface area contributed by atoms with Crippen LogP contribution in [0.2, 0.25) is 0 Å². The summed E-state index contributed by atoms with van der Waals surface area (Å²) in [4.78, 5) is 9.18. The summed E-state index contributed by atoms with van der Waals surface area (Å²) in [6.07, 6.45) is 5.97. The second-order valence-electron chi connectivity index (χ2n) is 5.95. The van der Waals surface area contributed by atoms with E-state index in [-0.39, 0.29) is 0 Å². The molecule has 1 aromatic rings. The zero-order valence-electron chi connectivity index (χ0n) is 12.6. The number of hydrogen-bond acceptors (Lipinski definition) is 4. The number of pyridine rings is 1. The standard InChI is InChI=1S/C15H26N4/c1-16-14-7-6-13(10-17-14)11-19(4)12-15(18(2)3)8-5-9-15/h6-7,10H,5,8-9,11-12H2,1-4H3,(H,16,17). The van der Waals surface area contributed by atoms with Crippen LogP contribution in [-0.4, -0.2) is 55.1 Å². The summed E-state index contributed by atoms with van der Waals surface area (Å²) in [5.41, 5.74) is 1.67. The highest BCUT2D eigenvalue weighted by atomic mass is 15.2. The van der Waals surface area contributed by atoms with Crippen LogP contribution in [0.3, 0.4) is 0 Å². The Kier molecular flexibility index (Phi) is 4.42. The van der Waals surface area contributed by atoms with Crippen molar-refractivity contribution in [2.45, 2.75) is 31.3 Å². The van der Waals surface area contributed by atoms with E-state index in [4.69, 9.17) is 0 Å². The summed E-state index contributed by atoms with van der Waals surface area (Å²) >= 11 is 0. The Bertz CT molecular complexity index is 395. The number of nitrogens with zero attached hydrogens (tertiary/aromatic N) is 3. The molecule has 0 atom stereocenters. The first-order valence-electron chi connectivity index (χ1n) is 7.04. The van der Waals surface area contributed by atoms with Crippen molar-refractivity contribution in [1.29, 1.82) is 0 Å².